The van der Waals surface area contributed by atoms with Gasteiger partial charge < -0.3 is 15.3 Å². The van der Waals surface area contributed by atoms with Gasteiger partial charge in [0.2, 0.25) is 0 Å². The molecule has 102 valence electrons. The van der Waals surface area contributed by atoms with Gasteiger partial charge in [0.15, 0.2) is 0 Å². The minimum atomic E-state index is -0.346. The van der Waals surface area contributed by atoms with Crippen molar-refractivity contribution >= 4 is 5.82 Å². The largest absolute Gasteiger partial charge is 0.392 e. The molecular formula is C14H25N3O. The van der Waals surface area contributed by atoms with Crippen LogP contribution in [0, 0.1) is 0 Å². The van der Waals surface area contributed by atoms with E-state index >= 15 is 0 Å². The SMILES string of the molecule is CCCNC(C)c1ccc(N(C)CC(C)O)nc1. The average molecular weight is 251 g/mol. The van der Waals surface area contributed by atoms with Gasteiger partial charge in [-0.25, -0.2) is 4.98 Å². The van der Waals surface area contributed by atoms with Crippen LogP contribution in [0.15, 0.2) is 18.3 Å². The minimum absolute atomic E-state index is 0.327. The second-order valence-corrected chi connectivity index (χ2v) is 4.86. The zero-order valence-electron chi connectivity index (χ0n) is 11.8. The van der Waals surface area contributed by atoms with Crippen LogP contribution in [0.2, 0.25) is 0 Å². The van der Waals surface area contributed by atoms with Crippen molar-refractivity contribution < 1.29 is 5.11 Å². The van der Waals surface area contributed by atoms with Crippen molar-refractivity contribution in [2.45, 2.75) is 39.3 Å². The van der Waals surface area contributed by atoms with Crippen molar-refractivity contribution in [3.05, 3.63) is 23.9 Å². The van der Waals surface area contributed by atoms with Crippen LogP contribution in [-0.4, -0.2) is 36.3 Å². The Morgan fingerprint density at radius 1 is 1.39 bits per heavy atom. The molecule has 0 aromatic carbocycles. The zero-order valence-corrected chi connectivity index (χ0v) is 11.8. The lowest BCUT2D eigenvalue weighted by atomic mass is 10.1. The Morgan fingerprint density at radius 3 is 2.61 bits per heavy atom. The first-order valence-electron chi connectivity index (χ1n) is 6.63. The van der Waals surface area contributed by atoms with Crippen LogP contribution < -0.4 is 10.2 Å². The second-order valence-electron chi connectivity index (χ2n) is 4.86. The van der Waals surface area contributed by atoms with E-state index in [0.717, 1.165) is 18.8 Å². The highest BCUT2D eigenvalue weighted by molar-refractivity contribution is 5.38. The molecule has 0 aliphatic rings. The molecule has 1 aromatic rings. The van der Waals surface area contributed by atoms with Crippen LogP contribution >= 0.6 is 0 Å². The Balaban J connectivity index is 2.61. The molecule has 2 atom stereocenters. The molecule has 2 N–H and O–H groups in total. The molecule has 1 heterocycles. The summed E-state index contributed by atoms with van der Waals surface area (Å²) < 4.78 is 0. The number of aliphatic hydroxyl groups is 1. The van der Waals surface area contributed by atoms with Crippen LogP contribution in [0.4, 0.5) is 5.82 Å². The molecule has 1 rings (SSSR count). The summed E-state index contributed by atoms with van der Waals surface area (Å²) >= 11 is 0. The molecule has 0 spiro atoms. The van der Waals surface area contributed by atoms with Crippen molar-refractivity contribution in [3.8, 4) is 0 Å². The molecule has 1 aromatic heterocycles. The number of anilines is 1. The Hall–Kier alpha value is -1.13. The van der Waals surface area contributed by atoms with Crippen LogP contribution in [0.5, 0.6) is 0 Å². The van der Waals surface area contributed by atoms with Gasteiger partial charge in [0.25, 0.3) is 0 Å². The average Bonchev–Trinajstić information content (AvgIpc) is 2.35. The third kappa shape index (κ3) is 4.63. The fraction of sp³-hybridized carbons (Fsp3) is 0.643. The van der Waals surface area contributed by atoms with E-state index in [1.807, 2.05) is 24.2 Å². The third-order valence-corrected chi connectivity index (χ3v) is 2.90. The van der Waals surface area contributed by atoms with E-state index in [2.05, 4.69) is 30.2 Å². The summed E-state index contributed by atoms with van der Waals surface area (Å²) in [6.07, 6.45) is 2.69. The lowest BCUT2D eigenvalue weighted by Gasteiger charge is -2.20. The topological polar surface area (TPSA) is 48.4 Å². The van der Waals surface area contributed by atoms with Crippen LogP contribution in [0.1, 0.15) is 38.8 Å². The van der Waals surface area contributed by atoms with E-state index in [1.54, 1.807) is 6.92 Å². The number of nitrogens with one attached hydrogen (secondary N) is 1. The smallest absolute Gasteiger partial charge is 0.128 e. The van der Waals surface area contributed by atoms with Crippen molar-refractivity contribution in [2.24, 2.45) is 0 Å². The Morgan fingerprint density at radius 2 is 2.11 bits per heavy atom. The predicted molar refractivity (Wildman–Crippen MR) is 75.9 cm³/mol. The summed E-state index contributed by atoms with van der Waals surface area (Å²) in [5.74, 6) is 0.891. The highest BCUT2D eigenvalue weighted by Gasteiger charge is 2.08. The van der Waals surface area contributed by atoms with E-state index in [1.165, 1.54) is 5.56 Å². The van der Waals surface area contributed by atoms with E-state index < -0.39 is 0 Å². The molecule has 0 radical (unpaired) electrons. The normalized spacial score (nSPS) is 14.3. The van der Waals surface area contributed by atoms with Gasteiger partial charge in [0.1, 0.15) is 5.82 Å². The van der Waals surface area contributed by atoms with E-state index in [9.17, 15) is 5.11 Å². The molecule has 18 heavy (non-hydrogen) atoms. The predicted octanol–water partition coefficient (Wildman–Crippen LogP) is 1.96. The van der Waals surface area contributed by atoms with E-state index in [0.29, 0.717) is 12.6 Å². The number of hydrogen-bond acceptors (Lipinski definition) is 4. The summed E-state index contributed by atoms with van der Waals surface area (Å²) in [5, 5.41) is 12.8. The summed E-state index contributed by atoms with van der Waals surface area (Å²) in [6.45, 7) is 7.69. The number of pyridine rings is 1. The quantitative estimate of drug-likeness (QED) is 0.778. The van der Waals surface area contributed by atoms with Gasteiger partial charge in [-0.05, 0) is 38.4 Å². The second kappa shape index (κ2) is 7.34. The molecule has 0 saturated carbocycles. The Kier molecular flexibility index (Phi) is 6.09. The molecule has 0 amide bonds. The summed E-state index contributed by atoms with van der Waals surface area (Å²) in [4.78, 5) is 6.39. The lowest BCUT2D eigenvalue weighted by Crippen LogP contribution is -2.27. The molecule has 0 aliphatic carbocycles. The van der Waals surface area contributed by atoms with Crippen molar-refractivity contribution in [1.29, 1.82) is 0 Å². The number of nitrogens with zero attached hydrogens (tertiary/aromatic N) is 2. The first kappa shape index (κ1) is 14.9. The van der Waals surface area contributed by atoms with Gasteiger partial charge in [-0.15, -0.1) is 0 Å². The zero-order chi connectivity index (χ0) is 13.5. The van der Waals surface area contributed by atoms with Crippen LogP contribution in [0.25, 0.3) is 0 Å². The van der Waals surface area contributed by atoms with Crippen molar-refractivity contribution in [3.63, 3.8) is 0 Å². The Labute approximate surface area is 110 Å². The van der Waals surface area contributed by atoms with Gasteiger partial charge in [-0.2, -0.15) is 0 Å². The monoisotopic (exact) mass is 251 g/mol. The summed E-state index contributed by atoms with van der Waals surface area (Å²) in [7, 11) is 1.94. The maximum atomic E-state index is 9.34. The van der Waals surface area contributed by atoms with Gasteiger partial charge >= 0.3 is 0 Å². The molecule has 0 saturated heterocycles. The maximum Gasteiger partial charge on any atom is 0.128 e. The standard InChI is InChI=1S/C14H25N3O/c1-5-8-15-12(3)13-6-7-14(16-9-13)17(4)10-11(2)18/h6-7,9,11-12,15,18H,5,8,10H2,1-4H3. The number of likely N-dealkylation sites (N-methyl/N-ethyl adjacent to an activating group) is 1. The molecule has 0 bridgehead atoms. The minimum Gasteiger partial charge on any atom is -0.392 e. The molecule has 4 nitrogen and oxygen atoms in total. The number of rotatable bonds is 7. The fourth-order valence-corrected chi connectivity index (χ4v) is 1.85. The first-order chi connectivity index (χ1) is 8.54. The number of hydrogen-bond donors (Lipinski definition) is 2. The molecule has 0 fully saturated rings. The Bertz CT molecular complexity index is 337. The van der Waals surface area contributed by atoms with Gasteiger partial charge in [0, 0.05) is 25.8 Å². The fourth-order valence-electron chi connectivity index (χ4n) is 1.85. The van der Waals surface area contributed by atoms with Gasteiger partial charge in [0.05, 0.1) is 6.10 Å². The first-order valence-corrected chi connectivity index (χ1v) is 6.63. The summed E-state index contributed by atoms with van der Waals surface area (Å²) in [5.41, 5.74) is 1.19. The number of aromatic nitrogens is 1. The highest BCUT2D eigenvalue weighted by Crippen LogP contribution is 2.15. The molecule has 0 aliphatic heterocycles. The van der Waals surface area contributed by atoms with Gasteiger partial charge in [-0.1, -0.05) is 13.0 Å². The number of aliphatic hydroxyl groups excluding tert-OH is 1. The van der Waals surface area contributed by atoms with E-state index in [4.69, 9.17) is 0 Å². The van der Waals surface area contributed by atoms with Crippen molar-refractivity contribution in [2.75, 3.05) is 25.0 Å². The highest BCUT2D eigenvalue weighted by atomic mass is 16.3. The molecular weight excluding hydrogens is 226 g/mol. The van der Waals surface area contributed by atoms with E-state index in [-0.39, 0.29) is 6.10 Å². The third-order valence-electron chi connectivity index (χ3n) is 2.90. The van der Waals surface area contributed by atoms with Crippen molar-refractivity contribution in [1.82, 2.24) is 10.3 Å². The lowest BCUT2D eigenvalue weighted by molar-refractivity contribution is 0.201. The molecule has 2 unspecified atom stereocenters. The van der Waals surface area contributed by atoms with Gasteiger partial charge in [-0.3, -0.25) is 0 Å². The molecule has 4 heteroatoms. The van der Waals surface area contributed by atoms with Crippen LogP contribution in [-0.2, 0) is 0 Å². The maximum absolute atomic E-state index is 9.34. The summed E-state index contributed by atoms with van der Waals surface area (Å²) in [6, 6.07) is 4.42. The van der Waals surface area contributed by atoms with Crippen LogP contribution in [0.3, 0.4) is 0 Å².